The van der Waals surface area contributed by atoms with E-state index in [1.54, 1.807) is 0 Å². The van der Waals surface area contributed by atoms with E-state index in [4.69, 9.17) is 5.73 Å². The molecule has 0 spiro atoms. The summed E-state index contributed by atoms with van der Waals surface area (Å²) in [5.74, 6) is 0.176. The maximum atomic E-state index is 12.4. The maximum Gasteiger partial charge on any atom is 0.241 e. The monoisotopic (exact) mass is 333 g/mol. The van der Waals surface area contributed by atoms with Crippen LogP contribution in [-0.4, -0.2) is 37.0 Å². The van der Waals surface area contributed by atoms with Crippen LogP contribution >= 0.6 is 24.8 Å². The van der Waals surface area contributed by atoms with Gasteiger partial charge < -0.3 is 10.6 Å². The molecule has 2 N–H and O–H groups in total. The van der Waals surface area contributed by atoms with Crippen LogP contribution in [0.1, 0.15) is 25.8 Å². The fourth-order valence-corrected chi connectivity index (χ4v) is 2.63. The molecule has 0 unspecified atom stereocenters. The van der Waals surface area contributed by atoms with E-state index < -0.39 is 0 Å². The predicted octanol–water partition coefficient (Wildman–Crippen LogP) is 2.73. The molecule has 0 bridgehead atoms. The number of halogens is 2. The van der Waals surface area contributed by atoms with Gasteiger partial charge in [-0.05, 0) is 43.6 Å². The highest BCUT2D eigenvalue weighted by atomic mass is 35.5. The lowest BCUT2D eigenvalue weighted by Gasteiger charge is -2.32. The molecule has 0 saturated heterocycles. The van der Waals surface area contributed by atoms with Crippen LogP contribution < -0.4 is 10.6 Å². The van der Waals surface area contributed by atoms with Crippen LogP contribution in [0.25, 0.3) is 0 Å². The molecular formula is C15H25Cl2N3O. The van der Waals surface area contributed by atoms with Crippen molar-refractivity contribution in [1.82, 2.24) is 4.90 Å². The number of hydrogen-bond donors (Lipinski definition) is 1. The van der Waals surface area contributed by atoms with Crippen molar-refractivity contribution >= 4 is 42.1 Å². The third-order valence-electron chi connectivity index (χ3n) is 3.84. The van der Waals surface area contributed by atoms with Gasteiger partial charge in [0.25, 0.3) is 0 Å². The van der Waals surface area contributed by atoms with E-state index in [0.717, 1.165) is 49.4 Å². The number of rotatable bonds is 4. The predicted molar refractivity (Wildman–Crippen MR) is 93.8 cm³/mol. The van der Waals surface area contributed by atoms with Crippen LogP contribution in [0.2, 0.25) is 0 Å². The lowest BCUT2D eigenvalue weighted by molar-refractivity contribution is -0.119. The number of benzene rings is 1. The molecule has 1 aliphatic rings. The Morgan fingerprint density at radius 3 is 2.57 bits per heavy atom. The van der Waals surface area contributed by atoms with Gasteiger partial charge in [-0.3, -0.25) is 9.69 Å². The number of amides is 1. The first-order chi connectivity index (χ1) is 9.17. The van der Waals surface area contributed by atoms with Gasteiger partial charge in [0.2, 0.25) is 5.91 Å². The normalized spacial score (nSPS) is 13.2. The molecule has 1 aromatic carbocycles. The fourth-order valence-electron chi connectivity index (χ4n) is 2.63. The quantitative estimate of drug-likeness (QED) is 0.862. The molecule has 2 rings (SSSR count). The molecule has 1 amide bonds. The molecule has 6 heteroatoms. The number of nitrogen functional groups attached to an aromatic ring is 1. The third kappa shape index (κ3) is 4.50. The second-order valence-electron chi connectivity index (χ2n) is 4.96. The van der Waals surface area contributed by atoms with Gasteiger partial charge in [0.15, 0.2) is 0 Å². The standard InChI is InChI=1S/C15H23N3O.2ClH/c1-3-17(4-2)11-15(19)18-10-6-7-12-13(16)8-5-9-14(12)18;;/h5,8-9H,3-4,6-7,10-11,16H2,1-2H3;2*1H. The Morgan fingerprint density at radius 1 is 1.29 bits per heavy atom. The molecule has 1 heterocycles. The van der Waals surface area contributed by atoms with E-state index in [1.807, 2.05) is 23.1 Å². The summed E-state index contributed by atoms with van der Waals surface area (Å²) in [5.41, 5.74) is 8.94. The van der Waals surface area contributed by atoms with Crippen LogP contribution in [0.15, 0.2) is 18.2 Å². The molecule has 21 heavy (non-hydrogen) atoms. The Bertz CT molecular complexity index is 464. The Hall–Kier alpha value is -0.970. The topological polar surface area (TPSA) is 49.6 Å². The van der Waals surface area contributed by atoms with Crippen LogP contribution in [0.5, 0.6) is 0 Å². The minimum atomic E-state index is 0. The Morgan fingerprint density at radius 2 is 1.95 bits per heavy atom. The number of fused-ring (bicyclic) bond motifs is 1. The summed E-state index contributed by atoms with van der Waals surface area (Å²) in [6, 6.07) is 5.85. The van der Waals surface area contributed by atoms with Gasteiger partial charge in [0.1, 0.15) is 0 Å². The van der Waals surface area contributed by atoms with E-state index in [1.165, 1.54) is 0 Å². The van der Waals surface area contributed by atoms with Crippen molar-refractivity contribution in [3.8, 4) is 0 Å². The summed E-state index contributed by atoms with van der Waals surface area (Å²) in [5, 5.41) is 0. The van der Waals surface area contributed by atoms with Gasteiger partial charge in [-0.15, -0.1) is 24.8 Å². The van der Waals surface area contributed by atoms with Crippen LogP contribution in [0.3, 0.4) is 0 Å². The van der Waals surface area contributed by atoms with Crippen LogP contribution in [-0.2, 0) is 11.2 Å². The molecular weight excluding hydrogens is 309 g/mol. The minimum absolute atomic E-state index is 0. The van der Waals surface area contributed by atoms with E-state index in [-0.39, 0.29) is 30.7 Å². The fraction of sp³-hybridized carbons (Fsp3) is 0.533. The molecule has 1 aliphatic heterocycles. The van der Waals surface area contributed by atoms with Gasteiger partial charge in [-0.1, -0.05) is 19.9 Å². The van der Waals surface area contributed by atoms with Gasteiger partial charge >= 0.3 is 0 Å². The van der Waals surface area contributed by atoms with Crippen molar-refractivity contribution in [3.63, 3.8) is 0 Å². The SMILES string of the molecule is CCN(CC)CC(=O)N1CCCc2c(N)cccc21.Cl.Cl. The highest BCUT2D eigenvalue weighted by molar-refractivity contribution is 5.96. The van der Waals surface area contributed by atoms with Crippen LogP contribution in [0, 0.1) is 0 Å². The smallest absolute Gasteiger partial charge is 0.241 e. The Kier molecular flexibility index (Phi) is 8.71. The zero-order chi connectivity index (χ0) is 13.8. The first-order valence-corrected chi connectivity index (χ1v) is 7.07. The van der Waals surface area contributed by atoms with Crippen molar-refractivity contribution < 1.29 is 4.79 Å². The first kappa shape index (κ1) is 20.0. The summed E-state index contributed by atoms with van der Waals surface area (Å²) < 4.78 is 0. The third-order valence-corrected chi connectivity index (χ3v) is 3.84. The zero-order valence-electron chi connectivity index (χ0n) is 12.7. The average Bonchev–Trinajstić information content (AvgIpc) is 2.44. The summed E-state index contributed by atoms with van der Waals surface area (Å²) in [7, 11) is 0. The largest absolute Gasteiger partial charge is 0.398 e. The summed E-state index contributed by atoms with van der Waals surface area (Å²) in [4.78, 5) is 16.5. The van der Waals surface area contributed by atoms with Crippen molar-refractivity contribution in [1.29, 1.82) is 0 Å². The second-order valence-corrected chi connectivity index (χ2v) is 4.96. The molecule has 0 fully saturated rings. The Labute approximate surface area is 139 Å². The number of nitrogens with two attached hydrogens (primary N) is 1. The van der Waals surface area contributed by atoms with Crippen molar-refractivity contribution in [2.45, 2.75) is 26.7 Å². The lowest BCUT2D eigenvalue weighted by atomic mass is 10.00. The number of carbonyl (C=O) groups excluding carboxylic acids is 1. The second kappa shape index (κ2) is 9.13. The van der Waals surface area contributed by atoms with E-state index in [2.05, 4.69) is 18.7 Å². The van der Waals surface area contributed by atoms with Gasteiger partial charge in [0.05, 0.1) is 6.54 Å². The molecule has 0 aromatic heterocycles. The summed E-state index contributed by atoms with van der Waals surface area (Å²) in [6.07, 6.45) is 1.96. The Balaban J connectivity index is 0.00000200. The van der Waals surface area contributed by atoms with Gasteiger partial charge in [-0.25, -0.2) is 0 Å². The zero-order valence-corrected chi connectivity index (χ0v) is 14.3. The molecule has 0 radical (unpaired) electrons. The molecule has 1 aromatic rings. The van der Waals surface area contributed by atoms with Crippen molar-refractivity contribution in [2.75, 3.05) is 36.8 Å². The van der Waals surface area contributed by atoms with Gasteiger partial charge in [-0.2, -0.15) is 0 Å². The highest BCUT2D eigenvalue weighted by Crippen LogP contribution is 2.31. The molecule has 0 atom stereocenters. The minimum Gasteiger partial charge on any atom is -0.398 e. The molecule has 0 saturated carbocycles. The highest BCUT2D eigenvalue weighted by Gasteiger charge is 2.24. The maximum absolute atomic E-state index is 12.4. The average molecular weight is 334 g/mol. The van der Waals surface area contributed by atoms with Crippen molar-refractivity contribution in [3.05, 3.63) is 23.8 Å². The van der Waals surface area contributed by atoms with Gasteiger partial charge in [0, 0.05) is 17.9 Å². The number of nitrogens with zero attached hydrogens (tertiary/aromatic N) is 2. The van der Waals surface area contributed by atoms with E-state index in [9.17, 15) is 4.79 Å². The lowest BCUT2D eigenvalue weighted by Crippen LogP contribution is -2.42. The number of carbonyl (C=O) groups is 1. The number of likely N-dealkylation sites (N-methyl/N-ethyl adjacent to an activating group) is 1. The van der Waals surface area contributed by atoms with E-state index >= 15 is 0 Å². The summed E-state index contributed by atoms with van der Waals surface area (Å²) in [6.45, 7) is 7.26. The van der Waals surface area contributed by atoms with Crippen LogP contribution in [0.4, 0.5) is 11.4 Å². The molecule has 4 nitrogen and oxygen atoms in total. The van der Waals surface area contributed by atoms with Crippen molar-refractivity contribution in [2.24, 2.45) is 0 Å². The summed E-state index contributed by atoms with van der Waals surface area (Å²) >= 11 is 0. The molecule has 0 aliphatic carbocycles. The first-order valence-electron chi connectivity index (χ1n) is 7.07. The molecule has 120 valence electrons. The number of anilines is 2. The van der Waals surface area contributed by atoms with E-state index in [0.29, 0.717) is 6.54 Å². The number of hydrogen-bond acceptors (Lipinski definition) is 3.